The summed E-state index contributed by atoms with van der Waals surface area (Å²) in [6.07, 6.45) is 0. The summed E-state index contributed by atoms with van der Waals surface area (Å²) in [5.74, 6) is 2.10. The third-order valence-corrected chi connectivity index (χ3v) is 3.46. The molecular weight excluding hydrogens is 254 g/mol. The third kappa shape index (κ3) is 2.99. The minimum atomic E-state index is 0.158. The van der Waals surface area contributed by atoms with Crippen LogP contribution in [0.25, 0.3) is 11.4 Å². The summed E-state index contributed by atoms with van der Waals surface area (Å²) in [6, 6.07) is 7.94. The molecule has 2 unspecified atom stereocenters. The monoisotopic (exact) mass is 275 g/mol. The first-order chi connectivity index (χ1) is 9.67. The molecule has 0 bridgehead atoms. The lowest BCUT2D eigenvalue weighted by Gasteiger charge is -2.16. The summed E-state index contributed by atoms with van der Waals surface area (Å²) in [7, 11) is 1.63. The number of likely N-dealkylation sites (N-methyl/N-ethyl adjacent to an activating group) is 1. The predicted octanol–water partition coefficient (Wildman–Crippen LogP) is 2.85. The number of benzene rings is 1. The lowest BCUT2D eigenvalue weighted by molar-refractivity contribution is 0.332. The van der Waals surface area contributed by atoms with Crippen molar-refractivity contribution in [1.29, 1.82) is 0 Å². The summed E-state index contributed by atoms with van der Waals surface area (Å²) in [5, 5.41) is 7.43. The summed E-state index contributed by atoms with van der Waals surface area (Å²) in [5.41, 5.74) is 0.841. The number of rotatable bonds is 6. The van der Waals surface area contributed by atoms with Crippen molar-refractivity contribution < 1.29 is 9.26 Å². The van der Waals surface area contributed by atoms with Crippen LogP contribution in [-0.4, -0.2) is 29.8 Å². The number of methoxy groups -OCH3 is 1. The molecule has 2 rings (SSSR count). The summed E-state index contributed by atoms with van der Waals surface area (Å²) in [4.78, 5) is 4.49. The average molecular weight is 275 g/mol. The second-order valence-corrected chi connectivity index (χ2v) is 4.79. The molecule has 0 saturated heterocycles. The molecule has 0 spiro atoms. The molecule has 0 aliphatic heterocycles. The molecule has 2 atom stereocenters. The van der Waals surface area contributed by atoms with Crippen LogP contribution in [0.4, 0.5) is 0 Å². The molecule has 1 aromatic heterocycles. The van der Waals surface area contributed by atoms with E-state index in [1.54, 1.807) is 7.11 Å². The molecule has 0 amide bonds. The van der Waals surface area contributed by atoms with Crippen molar-refractivity contribution in [3.05, 3.63) is 30.2 Å². The zero-order valence-electron chi connectivity index (χ0n) is 12.4. The molecule has 0 aliphatic carbocycles. The maximum absolute atomic E-state index is 5.39. The molecule has 1 heterocycles. The van der Waals surface area contributed by atoms with Crippen molar-refractivity contribution in [2.24, 2.45) is 0 Å². The predicted molar refractivity (Wildman–Crippen MR) is 77.8 cm³/mol. The van der Waals surface area contributed by atoms with Crippen molar-refractivity contribution in [1.82, 2.24) is 15.5 Å². The largest absolute Gasteiger partial charge is 0.496 e. The second-order valence-electron chi connectivity index (χ2n) is 4.79. The van der Waals surface area contributed by atoms with Gasteiger partial charge in [0, 0.05) is 6.04 Å². The Balaban J connectivity index is 2.24. The lowest BCUT2D eigenvalue weighted by Crippen LogP contribution is -2.30. The average Bonchev–Trinajstić information content (AvgIpc) is 2.96. The van der Waals surface area contributed by atoms with Gasteiger partial charge >= 0.3 is 0 Å². The number of hydrogen-bond donors (Lipinski definition) is 1. The molecular formula is C15H21N3O2. The summed E-state index contributed by atoms with van der Waals surface area (Å²) < 4.78 is 10.7. The molecule has 0 radical (unpaired) electrons. The number of ether oxygens (including phenoxy) is 1. The highest BCUT2D eigenvalue weighted by Gasteiger charge is 2.21. The third-order valence-electron chi connectivity index (χ3n) is 3.46. The van der Waals surface area contributed by atoms with E-state index in [2.05, 4.69) is 36.2 Å². The highest BCUT2D eigenvalue weighted by atomic mass is 16.5. The Kier molecular flexibility index (Phi) is 4.74. The fourth-order valence-corrected chi connectivity index (χ4v) is 2.07. The first kappa shape index (κ1) is 14.5. The SMILES string of the molecule is CCNC(C)C(C)c1nc(-c2ccccc2OC)no1. The quantitative estimate of drug-likeness (QED) is 0.878. The van der Waals surface area contributed by atoms with Crippen LogP contribution >= 0.6 is 0 Å². The van der Waals surface area contributed by atoms with E-state index >= 15 is 0 Å². The van der Waals surface area contributed by atoms with E-state index in [0.29, 0.717) is 11.7 Å². The van der Waals surface area contributed by atoms with Crippen LogP contribution in [-0.2, 0) is 0 Å². The highest BCUT2D eigenvalue weighted by molar-refractivity contribution is 5.63. The molecule has 5 heteroatoms. The van der Waals surface area contributed by atoms with E-state index in [9.17, 15) is 0 Å². The van der Waals surface area contributed by atoms with Gasteiger partial charge < -0.3 is 14.6 Å². The maximum atomic E-state index is 5.39. The van der Waals surface area contributed by atoms with E-state index in [4.69, 9.17) is 9.26 Å². The Bertz CT molecular complexity index is 554. The van der Waals surface area contributed by atoms with Gasteiger partial charge in [-0.3, -0.25) is 0 Å². The van der Waals surface area contributed by atoms with E-state index in [0.717, 1.165) is 17.9 Å². The van der Waals surface area contributed by atoms with Crippen LogP contribution in [0.2, 0.25) is 0 Å². The van der Waals surface area contributed by atoms with Crippen LogP contribution in [0.15, 0.2) is 28.8 Å². The van der Waals surface area contributed by atoms with Gasteiger partial charge in [-0.25, -0.2) is 0 Å². The topological polar surface area (TPSA) is 60.2 Å². The molecule has 1 aromatic carbocycles. The normalized spacial score (nSPS) is 14.0. The zero-order chi connectivity index (χ0) is 14.5. The van der Waals surface area contributed by atoms with Gasteiger partial charge in [0.25, 0.3) is 0 Å². The molecule has 108 valence electrons. The zero-order valence-corrected chi connectivity index (χ0v) is 12.4. The smallest absolute Gasteiger partial charge is 0.231 e. The van der Waals surface area contributed by atoms with Crippen molar-refractivity contribution in [3.8, 4) is 17.1 Å². The van der Waals surface area contributed by atoms with Gasteiger partial charge in [-0.2, -0.15) is 4.98 Å². The van der Waals surface area contributed by atoms with Crippen molar-refractivity contribution in [3.63, 3.8) is 0 Å². The fraction of sp³-hybridized carbons (Fsp3) is 0.467. The van der Waals surface area contributed by atoms with Crippen LogP contribution in [0.5, 0.6) is 5.75 Å². The van der Waals surface area contributed by atoms with Gasteiger partial charge in [0.2, 0.25) is 11.7 Å². The van der Waals surface area contributed by atoms with Crippen LogP contribution < -0.4 is 10.1 Å². The van der Waals surface area contributed by atoms with E-state index in [-0.39, 0.29) is 12.0 Å². The second kappa shape index (κ2) is 6.52. The Morgan fingerprint density at radius 3 is 2.75 bits per heavy atom. The molecule has 5 nitrogen and oxygen atoms in total. The van der Waals surface area contributed by atoms with E-state index in [1.807, 2.05) is 24.3 Å². The molecule has 0 fully saturated rings. The Morgan fingerprint density at radius 1 is 1.30 bits per heavy atom. The number of hydrogen-bond acceptors (Lipinski definition) is 5. The van der Waals surface area contributed by atoms with Gasteiger partial charge in [0.15, 0.2) is 0 Å². The van der Waals surface area contributed by atoms with Crippen molar-refractivity contribution in [2.45, 2.75) is 32.7 Å². The molecule has 1 N–H and O–H groups in total. The van der Waals surface area contributed by atoms with E-state index < -0.39 is 0 Å². The van der Waals surface area contributed by atoms with Crippen LogP contribution in [0.3, 0.4) is 0 Å². The van der Waals surface area contributed by atoms with Gasteiger partial charge in [0.1, 0.15) is 5.75 Å². The number of para-hydroxylation sites is 1. The Morgan fingerprint density at radius 2 is 2.05 bits per heavy atom. The minimum absolute atomic E-state index is 0.158. The number of nitrogens with zero attached hydrogens (tertiary/aromatic N) is 2. The minimum Gasteiger partial charge on any atom is -0.496 e. The highest BCUT2D eigenvalue weighted by Crippen LogP contribution is 2.28. The Labute approximate surface area is 119 Å². The first-order valence-corrected chi connectivity index (χ1v) is 6.87. The van der Waals surface area contributed by atoms with Gasteiger partial charge in [-0.1, -0.05) is 31.1 Å². The Hall–Kier alpha value is -1.88. The van der Waals surface area contributed by atoms with Crippen LogP contribution in [0, 0.1) is 0 Å². The van der Waals surface area contributed by atoms with Crippen molar-refractivity contribution >= 4 is 0 Å². The van der Waals surface area contributed by atoms with Gasteiger partial charge in [-0.05, 0) is 25.6 Å². The number of aromatic nitrogens is 2. The van der Waals surface area contributed by atoms with Crippen molar-refractivity contribution in [2.75, 3.05) is 13.7 Å². The van der Waals surface area contributed by atoms with E-state index in [1.165, 1.54) is 0 Å². The first-order valence-electron chi connectivity index (χ1n) is 6.87. The molecule has 0 aliphatic rings. The standard InChI is InChI=1S/C15H21N3O2/c1-5-16-11(3)10(2)15-17-14(18-20-15)12-8-6-7-9-13(12)19-4/h6-11,16H,5H2,1-4H3. The van der Waals surface area contributed by atoms with Gasteiger partial charge in [0.05, 0.1) is 18.6 Å². The van der Waals surface area contributed by atoms with Crippen LogP contribution in [0.1, 0.15) is 32.6 Å². The molecule has 20 heavy (non-hydrogen) atoms. The summed E-state index contributed by atoms with van der Waals surface area (Å²) >= 11 is 0. The molecule has 0 saturated carbocycles. The lowest BCUT2D eigenvalue weighted by atomic mass is 10.0. The summed E-state index contributed by atoms with van der Waals surface area (Å²) in [6.45, 7) is 7.18. The maximum Gasteiger partial charge on any atom is 0.231 e. The number of nitrogens with one attached hydrogen (secondary N) is 1. The fourth-order valence-electron chi connectivity index (χ4n) is 2.07. The van der Waals surface area contributed by atoms with Gasteiger partial charge in [-0.15, -0.1) is 0 Å². The molecule has 2 aromatic rings.